The predicted octanol–water partition coefficient (Wildman–Crippen LogP) is 2.25. The Hall–Kier alpha value is -0.120. The van der Waals surface area contributed by atoms with Gasteiger partial charge in [0.25, 0.3) is 0 Å². The normalized spacial score (nSPS) is 25.6. The molecule has 2 unspecified atom stereocenters. The third-order valence-electron chi connectivity index (χ3n) is 3.23. The van der Waals surface area contributed by atoms with E-state index in [-0.39, 0.29) is 0 Å². The molecule has 17 heavy (non-hydrogen) atoms. The van der Waals surface area contributed by atoms with Crippen LogP contribution in [0.15, 0.2) is 0 Å². The van der Waals surface area contributed by atoms with Crippen molar-refractivity contribution in [1.29, 1.82) is 0 Å². The minimum atomic E-state index is 0.328. The lowest BCUT2D eigenvalue weighted by atomic mass is 9.87. The molecule has 2 atom stereocenters. The van der Waals surface area contributed by atoms with Gasteiger partial charge in [-0.1, -0.05) is 20.8 Å². The molecule has 1 fully saturated rings. The molecule has 3 nitrogen and oxygen atoms in total. The van der Waals surface area contributed by atoms with Gasteiger partial charge >= 0.3 is 0 Å². The van der Waals surface area contributed by atoms with Crippen LogP contribution in [0.25, 0.3) is 0 Å². The molecule has 0 saturated carbocycles. The Bertz CT molecular complexity index is 213. The summed E-state index contributed by atoms with van der Waals surface area (Å²) in [6.07, 6.45) is 3.73. The van der Waals surface area contributed by atoms with Gasteiger partial charge in [-0.25, -0.2) is 0 Å². The highest BCUT2D eigenvalue weighted by atomic mass is 16.5. The summed E-state index contributed by atoms with van der Waals surface area (Å²) < 4.78 is 5.65. The smallest absolute Gasteiger partial charge is 0.0673 e. The highest BCUT2D eigenvalue weighted by molar-refractivity contribution is 4.74. The topological polar surface area (TPSA) is 38.5 Å². The van der Waals surface area contributed by atoms with Crippen molar-refractivity contribution < 1.29 is 4.74 Å². The van der Waals surface area contributed by atoms with Crippen molar-refractivity contribution in [3.8, 4) is 0 Å². The van der Waals surface area contributed by atoms with Crippen LogP contribution in [0.1, 0.15) is 47.0 Å². The van der Waals surface area contributed by atoms with Crippen LogP contribution in [-0.4, -0.2) is 43.3 Å². The first-order valence-corrected chi connectivity index (χ1v) is 6.96. The van der Waals surface area contributed by atoms with Crippen molar-refractivity contribution in [3.63, 3.8) is 0 Å². The third-order valence-corrected chi connectivity index (χ3v) is 3.23. The molecule has 3 heteroatoms. The largest absolute Gasteiger partial charge is 0.377 e. The molecule has 1 heterocycles. The lowest BCUT2D eigenvalue weighted by molar-refractivity contribution is 0.0672. The Morgan fingerprint density at radius 2 is 2.12 bits per heavy atom. The van der Waals surface area contributed by atoms with E-state index in [4.69, 9.17) is 10.5 Å². The Labute approximate surface area is 107 Å². The number of hydrogen-bond donors (Lipinski definition) is 1. The van der Waals surface area contributed by atoms with Crippen LogP contribution in [0.4, 0.5) is 0 Å². The quantitative estimate of drug-likeness (QED) is 0.822. The number of ether oxygens (including phenoxy) is 1. The third kappa shape index (κ3) is 7.02. The van der Waals surface area contributed by atoms with Crippen molar-refractivity contribution in [3.05, 3.63) is 0 Å². The molecule has 0 aromatic rings. The van der Waals surface area contributed by atoms with Gasteiger partial charge in [0.1, 0.15) is 0 Å². The minimum absolute atomic E-state index is 0.328. The van der Waals surface area contributed by atoms with Gasteiger partial charge in [-0.15, -0.1) is 0 Å². The van der Waals surface area contributed by atoms with Gasteiger partial charge in [0, 0.05) is 25.7 Å². The van der Waals surface area contributed by atoms with Crippen molar-refractivity contribution in [2.24, 2.45) is 11.1 Å². The molecule has 0 radical (unpaired) electrons. The lowest BCUT2D eigenvalue weighted by Crippen LogP contribution is -2.35. The molecule has 0 spiro atoms. The SMILES string of the molecule is CC1CN(CCC(N)CC(C)(C)C)CCCO1. The van der Waals surface area contributed by atoms with E-state index in [0.29, 0.717) is 17.6 Å². The van der Waals surface area contributed by atoms with E-state index in [0.717, 1.165) is 45.5 Å². The maximum atomic E-state index is 6.19. The van der Waals surface area contributed by atoms with Crippen molar-refractivity contribution in [1.82, 2.24) is 4.90 Å². The van der Waals surface area contributed by atoms with E-state index in [1.165, 1.54) is 0 Å². The zero-order chi connectivity index (χ0) is 12.9. The zero-order valence-electron chi connectivity index (χ0n) is 12.0. The van der Waals surface area contributed by atoms with Gasteiger partial charge in [0.15, 0.2) is 0 Å². The first kappa shape index (κ1) is 14.9. The summed E-state index contributed by atoms with van der Waals surface area (Å²) in [5.41, 5.74) is 6.53. The highest BCUT2D eigenvalue weighted by Gasteiger charge is 2.18. The Balaban J connectivity index is 2.24. The van der Waals surface area contributed by atoms with Crippen LogP contribution < -0.4 is 5.73 Å². The fourth-order valence-corrected chi connectivity index (χ4v) is 2.52. The molecule has 0 amide bonds. The van der Waals surface area contributed by atoms with Gasteiger partial charge in [-0.3, -0.25) is 0 Å². The molecule has 102 valence electrons. The van der Waals surface area contributed by atoms with Gasteiger partial charge < -0.3 is 15.4 Å². The molecule has 0 bridgehead atoms. The van der Waals surface area contributed by atoms with Crippen LogP contribution in [0.2, 0.25) is 0 Å². The van der Waals surface area contributed by atoms with E-state index in [1.54, 1.807) is 0 Å². The van der Waals surface area contributed by atoms with Crippen LogP contribution in [-0.2, 0) is 4.74 Å². The Kier molecular flexibility index (Phi) is 5.90. The maximum Gasteiger partial charge on any atom is 0.0673 e. The molecule has 1 aliphatic rings. The second-order valence-electron chi connectivity index (χ2n) is 6.65. The van der Waals surface area contributed by atoms with Gasteiger partial charge in [-0.2, -0.15) is 0 Å². The fraction of sp³-hybridized carbons (Fsp3) is 1.00. The second-order valence-corrected chi connectivity index (χ2v) is 6.65. The maximum absolute atomic E-state index is 6.19. The lowest BCUT2D eigenvalue weighted by Gasteiger charge is -2.26. The summed E-state index contributed by atoms with van der Waals surface area (Å²) in [6, 6.07) is 0.328. The monoisotopic (exact) mass is 242 g/mol. The molecule has 2 N–H and O–H groups in total. The number of rotatable bonds is 4. The first-order chi connectivity index (χ1) is 7.87. The van der Waals surface area contributed by atoms with Crippen molar-refractivity contribution >= 4 is 0 Å². The molecular formula is C14H30N2O. The molecule has 0 aromatic carbocycles. The van der Waals surface area contributed by atoms with E-state index >= 15 is 0 Å². The average Bonchev–Trinajstić information content (AvgIpc) is 2.37. The molecule has 1 saturated heterocycles. The highest BCUT2D eigenvalue weighted by Crippen LogP contribution is 2.21. The summed E-state index contributed by atoms with van der Waals surface area (Å²) in [6.45, 7) is 13.2. The van der Waals surface area contributed by atoms with E-state index in [2.05, 4.69) is 32.6 Å². The number of hydrogen-bond acceptors (Lipinski definition) is 3. The number of nitrogens with two attached hydrogens (primary N) is 1. The van der Waals surface area contributed by atoms with Crippen molar-refractivity contribution in [2.75, 3.05) is 26.2 Å². The summed E-state index contributed by atoms with van der Waals surface area (Å²) in [4.78, 5) is 2.50. The van der Waals surface area contributed by atoms with E-state index in [1.807, 2.05) is 0 Å². The summed E-state index contributed by atoms with van der Waals surface area (Å²) in [5.74, 6) is 0. The average molecular weight is 242 g/mol. The van der Waals surface area contributed by atoms with Crippen LogP contribution in [0.5, 0.6) is 0 Å². The van der Waals surface area contributed by atoms with Gasteiger partial charge in [0.05, 0.1) is 6.10 Å². The standard InChI is InChI=1S/C14H30N2O/c1-12-11-16(7-5-9-17-12)8-6-13(15)10-14(2,3)4/h12-13H,5-11,15H2,1-4H3. The number of nitrogens with zero attached hydrogens (tertiary/aromatic N) is 1. The Morgan fingerprint density at radius 3 is 2.76 bits per heavy atom. The van der Waals surface area contributed by atoms with Crippen LogP contribution in [0, 0.1) is 5.41 Å². The van der Waals surface area contributed by atoms with Crippen LogP contribution in [0.3, 0.4) is 0 Å². The minimum Gasteiger partial charge on any atom is -0.377 e. The van der Waals surface area contributed by atoms with E-state index < -0.39 is 0 Å². The predicted molar refractivity (Wildman–Crippen MR) is 73.1 cm³/mol. The Morgan fingerprint density at radius 1 is 1.41 bits per heavy atom. The van der Waals surface area contributed by atoms with Gasteiger partial charge in [-0.05, 0) is 38.1 Å². The fourth-order valence-electron chi connectivity index (χ4n) is 2.52. The molecule has 0 aliphatic carbocycles. The zero-order valence-corrected chi connectivity index (χ0v) is 12.0. The second kappa shape index (κ2) is 6.72. The van der Waals surface area contributed by atoms with E-state index in [9.17, 15) is 0 Å². The first-order valence-electron chi connectivity index (χ1n) is 6.96. The summed E-state index contributed by atoms with van der Waals surface area (Å²) in [7, 11) is 0. The summed E-state index contributed by atoms with van der Waals surface area (Å²) >= 11 is 0. The molecule has 1 aliphatic heterocycles. The van der Waals surface area contributed by atoms with Gasteiger partial charge in [0.2, 0.25) is 0 Å². The summed E-state index contributed by atoms with van der Waals surface area (Å²) in [5, 5.41) is 0. The van der Waals surface area contributed by atoms with Crippen molar-refractivity contribution in [2.45, 2.75) is 59.1 Å². The van der Waals surface area contributed by atoms with Crippen LogP contribution >= 0.6 is 0 Å². The molecule has 0 aromatic heterocycles. The molecular weight excluding hydrogens is 212 g/mol. The molecule has 1 rings (SSSR count).